The molecule has 3 N–H and O–H groups in total. The lowest BCUT2D eigenvalue weighted by Crippen LogP contribution is -2.30. The van der Waals surface area contributed by atoms with Crippen LogP contribution in [-0.2, 0) is 65.4 Å². The smallest absolute Gasteiger partial charge is 0.462 e. The van der Waals surface area contributed by atoms with Gasteiger partial charge in [-0.1, -0.05) is 215 Å². The summed E-state index contributed by atoms with van der Waals surface area (Å²) in [6, 6.07) is 0. The minimum atomic E-state index is -4.94. The van der Waals surface area contributed by atoms with E-state index in [4.69, 9.17) is 37.0 Å². The molecule has 0 aliphatic rings. The predicted molar refractivity (Wildman–Crippen MR) is 298 cm³/mol. The Labute approximate surface area is 460 Å². The van der Waals surface area contributed by atoms with Gasteiger partial charge >= 0.3 is 39.5 Å². The highest BCUT2D eigenvalue weighted by Gasteiger charge is 2.30. The Bertz CT molecular complexity index is 1530. The summed E-state index contributed by atoms with van der Waals surface area (Å²) in [5.74, 6) is -0.0171. The molecule has 17 nitrogen and oxygen atoms in total. The molecule has 0 amide bonds. The molecule has 0 heterocycles. The van der Waals surface area contributed by atoms with E-state index in [1.165, 1.54) is 64.2 Å². The van der Waals surface area contributed by atoms with Gasteiger partial charge in [0.2, 0.25) is 0 Å². The number of aliphatic hydroxyl groups is 1. The number of aliphatic hydroxyl groups excluding tert-OH is 1. The monoisotopic (exact) mass is 1130 g/mol. The van der Waals surface area contributed by atoms with Crippen molar-refractivity contribution in [1.82, 2.24) is 0 Å². The molecular formula is C57H110O17P2. The van der Waals surface area contributed by atoms with E-state index < -0.39 is 97.5 Å². The van der Waals surface area contributed by atoms with Crippen molar-refractivity contribution in [1.29, 1.82) is 0 Å². The molecule has 19 heteroatoms. The highest BCUT2D eigenvalue weighted by atomic mass is 31.2. The van der Waals surface area contributed by atoms with Gasteiger partial charge < -0.3 is 33.8 Å². The number of phosphoric acid groups is 2. The fraction of sp³-hybridized carbons (Fsp3) is 0.930. The van der Waals surface area contributed by atoms with Crippen molar-refractivity contribution in [3.63, 3.8) is 0 Å². The number of rotatable bonds is 55. The summed E-state index contributed by atoms with van der Waals surface area (Å²) in [7, 11) is -9.87. The lowest BCUT2D eigenvalue weighted by molar-refractivity contribution is -0.161. The van der Waals surface area contributed by atoms with Gasteiger partial charge in [0, 0.05) is 25.7 Å². The average Bonchev–Trinajstić information content (AvgIpc) is 3.37. The maximum atomic E-state index is 12.9. The number of carbonyl (C=O) groups is 4. The zero-order chi connectivity index (χ0) is 56.7. The predicted octanol–water partition coefficient (Wildman–Crippen LogP) is 14.8. The Morgan fingerprint density at radius 2 is 0.671 bits per heavy atom. The van der Waals surface area contributed by atoms with Crippen LogP contribution in [0.15, 0.2) is 0 Å². The topological polar surface area (TPSA) is 237 Å². The third-order valence-corrected chi connectivity index (χ3v) is 15.1. The zero-order valence-corrected chi connectivity index (χ0v) is 50.5. The molecule has 6 atom stereocenters. The highest BCUT2D eigenvalue weighted by molar-refractivity contribution is 7.47. The summed E-state index contributed by atoms with van der Waals surface area (Å²) >= 11 is 0. The molecule has 0 saturated carbocycles. The van der Waals surface area contributed by atoms with Gasteiger partial charge in [-0.25, -0.2) is 9.13 Å². The van der Waals surface area contributed by atoms with Gasteiger partial charge in [-0.2, -0.15) is 0 Å². The first-order valence-corrected chi connectivity index (χ1v) is 32.9. The zero-order valence-electron chi connectivity index (χ0n) is 48.7. The Hall–Kier alpha value is -1.94. The summed E-state index contributed by atoms with van der Waals surface area (Å²) in [5, 5.41) is 10.5. The molecule has 0 fully saturated rings. The van der Waals surface area contributed by atoms with Crippen molar-refractivity contribution in [3.8, 4) is 0 Å². The molecule has 0 radical (unpaired) electrons. The Morgan fingerprint density at radius 3 is 1.00 bits per heavy atom. The van der Waals surface area contributed by atoms with Crippen molar-refractivity contribution in [2.75, 3.05) is 39.6 Å². The number of carbonyl (C=O) groups excluding carboxylic acids is 4. The minimum Gasteiger partial charge on any atom is -0.462 e. The molecule has 450 valence electrons. The summed E-state index contributed by atoms with van der Waals surface area (Å²) in [5.41, 5.74) is 0. The Balaban J connectivity index is 5.20. The van der Waals surface area contributed by atoms with Gasteiger partial charge in [0.25, 0.3) is 0 Å². The normalized spacial score (nSPS) is 14.9. The van der Waals surface area contributed by atoms with Crippen molar-refractivity contribution in [2.24, 2.45) is 17.8 Å². The van der Waals surface area contributed by atoms with E-state index in [0.29, 0.717) is 31.6 Å². The second kappa shape index (κ2) is 48.9. The van der Waals surface area contributed by atoms with Crippen LogP contribution in [-0.4, -0.2) is 96.7 Å². The number of hydrogen-bond donors (Lipinski definition) is 3. The molecule has 76 heavy (non-hydrogen) atoms. The van der Waals surface area contributed by atoms with Gasteiger partial charge in [0.05, 0.1) is 26.4 Å². The summed E-state index contributed by atoms with van der Waals surface area (Å²) in [6.07, 6.45) is 27.1. The quantitative estimate of drug-likeness (QED) is 0.0222. The fourth-order valence-electron chi connectivity index (χ4n) is 8.21. The van der Waals surface area contributed by atoms with Crippen LogP contribution in [0.1, 0.15) is 267 Å². The van der Waals surface area contributed by atoms with Crippen molar-refractivity contribution in [2.45, 2.75) is 285 Å². The van der Waals surface area contributed by atoms with E-state index >= 15 is 0 Å². The van der Waals surface area contributed by atoms with E-state index in [-0.39, 0.29) is 25.7 Å². The molecule has 0 aromatic heterocycles. The summed E-state index contributed by atoms with van der Waals surface area (Å²) in [4.78, 5) is 71.6. The van der Waals surface area contributed by atoms with E-state index in [9.17, 15) is 43.2 Å². The van der Waals surface area contributed by atoms with Crippen LogP contribution in [0.25, 0.3) is 0 Å². The summed E-state index contributed by atoms with van der Waals surface area (Å²) < 4.78 is 67.5. The molecule has 0 saturated heterocycles. The highest BCUT2D eigenvalue weighted by Crippen LogP contribution is 2.45. The SMILES string of the molecule is CCCCCCCC(=O)OC[C@H](COP(=O)(O)OC[C@H](O)COP(=O)(O)OC[C@@H](COC(=O)CCCCCCCCCC(C)C)OC(=O)CCCCCCCCCCC(C)C)OC(=O)CCCCCCCCC(C)CC. The number of hydrogen-bond acceptors (Lipinski definition) is 15. The number of unbranched alkanes of at least 4 members (excludes halogenated alkanes) is 22. The second-order valence-corrected chi connectivity index (χ2v) is 24.8. The van der Waals surface area contributed by atoms with Crippen LogP contribution >= 0.6 is 15.6 Å². The van der Waals surface area contributed by atoms with Crippen LogP contribution in [0.2, 0.25) is 0 Å². The third kappa shape index (κ3) is 50.3. The van der Waals surface area contributed by atoms with Gasteiger partial charge in [-0.05, 0) is 43.4 Å². The average molecular weight is 1130 g/mol. The molecule has 3 unspecified atom stereocenters. The van der Waals surface area contributed by atoms with Crippen LogP contribution < -0.4 is 0 Å². The van der Waals surface area contributed by atoms with E-state index in [0.717, 1.165) is 115 Å². The molecule has 0 rings (SSSR count). The van der Waals surface area contributed by atoms with Crippen LogP contribution in [0.5, 0.6) is 0 Å². The first kappa shape index (κ1) is 74.1. The minimum absolute atomic E-state index is 0.101. The molecule has 0 aliphatic carbocycles. The van der Waals surface area contributed by atoms with Gasteiger partial charge in [0.15, 0.2) is 12.2 Å². The standard InChI is InChI=1S/C57H110O17P2/c1-8-10-11-21-31-38-54(59)67-44-52(74-57(62)41-34-27-20-19-24-30-37-50(7)9-2)46-71-75(63,64)69-42-51(58)43-70-76(65,66)72-47-53(45-68-55(60)39-32-25-18-14-16-23-29-36-49(5)6)73-56(61)40-33-26-17-13-12-15-22-28-35-48(3)4/h48-53,58H,8-47H2,1-7H3,(H,63,64)(H,65,66)/t50?,51-,52+,53+/m0/s1. The molecule has 0 aliphatic heterocycles. The fourth-order valence-corrected chi connectivity index (χ4v) is 9.79. The van der Waals surface area contributed by atoms with Gasteiger partial charge in [-0.3, -0.25) is 37.3 Å². The first-order chi connectivity index (χ1) is 36.3. The van der Waals surface area contributed by atoms with Crippen LogP contribution in [0, 0.1) is 17.8 Å². The van der Waals surface area contributed by atoms with E-state index in [1.54, 1.807) is 0 Å². The summed E-state index contributed by atoms with van der Waals surface area (Å²) in [6.45, 7) is 11.5. The van der Waals surface area contributed by atoms with E-state index in [2.05, 4.69) is 48.5 Å². The number of esters is 4. The number of ether oxygens (including phenoxy) is 4. The molecule has 0 spiro atoms. The largest absolute Gasteiger partial charge is 0.472 e. The van der Waals surface area contributed by atoms with Gasteiger partial charge in [-0.15, -0.1) is 0 Å². The van der Waals surface area contributed by atoms with E-state index in [1.807, 2.05) is 0 Å². The maximum absolute atomic E-state index is 12.9. The van der Waals surface area contributed by atoms with Crippen molar-refractivity contribution >= 4 is 39.5 Å². The number of phosphoric ester groups is 2. The second-order valence-electron chi connectivity index (χ2n) is 21.9. The molecular weight excluding hydrogens is 1020 g/mol. The van der Waals surface area contributed by atoms with Crippen LogP contribution in [0.4, 0.5) is 0 Å². The van der Waals surface area contributed by atoms with Crippen LogP contribution in [0.3, 0.4) is 0 Å². The van der Waals surface area contributed by atoms with Gasteiger partial charge in [0.1, 0.15) is 19.3 Å². The van der Waals surface area contributed by atoms with Crippen molar-refractivity contribution < 1.29 is 80.2 Å². The first-order valence-electron chi connectivity index (χ1n) is 29.9. The van der Waals surface area contributed by atoms with Crippen molar-refractivity contribution in [3.05, 3.63) is 0 Å². The lowest BCUT2D eigenvalue weighted by atomic mass is 10.00. The lowest BCUT2D eigenvalue weighted by Gasteiger charge is -2.21. The Kier molecular flexibility index (Phi) is 47.7. The maximum Gasteiger partial charge on any atom is 0.472 e. The third-order valence-electron chi connectivity index (χ3n) is 13.2. The molecule has 0 bridgehead atoms. The molecule has 0 aromatic rings. The molecule has 0 aromatic carbocycles. The Morgan fingerprint density at radius 1 is 0.382 bits per heavy atom.